The number of para-hydroxylation sites is 1. The Balaban J connectivity index is 1.29. The highest BCUT2D eigenvalue weighted by Crippen LogP contribution is 2.41. The third-order valence-electron chi connectivity index (χ3n) is 7.84. The molecule has 11 nitrogen and oxygen atoms in total. The van der Waals surface area contributed by atoms with Gasteiger partial charge in [-0.05, 0) is 42.2 Å². The van der Waals surface area contributed by atoms with Crippen LogP contribution in [0, 0.1) is 17.2 Å². The molecule has 3 heterocycles. The fourth-order valence-corrected chi connectivity index (χ4v) is 6.01. The van der Waals surface area contributed by atoms with Gasteiger partial charge in [0, 0.05) is 32.2 Å². The highest BCUT2D eigenvalue weighted by molar-refractivity contribution is 6.03. The molecule has 2 bridgehead atoms. The topological polar surface area (TPSA) is 148 Å². The number of aromatic nitrogens is 2. The van der Waals surface area contributed by atoms with Gasteiger partial charge in [-0.1, -0.05) is 36.4 Å². The first-order valence-electron chi connectivity index (χ1n) is 13.5. The molecule has 2 atom stereocenters. The van der Waals surface area contributed by atoms with Gasteiger partial charge in [-0.25, -0.2) is 14.0 Å². The molecule has 0 spiro atoms. The summed E-state index contributed by atoms with van der Waals surface area (Å²) in [6.07, 6.45) is -0.204. The lowest BCUT2D eigenvalue weighted by molar-refractivity contribution is -0.134. The van der Waals surface area contributed by atoms with E-state index in [1.54, 1.807) is 18.2 Å². The molecule has 2 aliphatic rings. The quantitative estimate of drug-likeness (QED) is 0.288. The number of rotatable bonds is 5. The van der Waals surface area contributed by atoms with Gasteiger partial charge in [-0.2, -0.15) is 0 Å². The Morgan fingerprint density at radius 1 is 1.00 bits per heavy atom. The molecule has 12 heteroatoms. The van der Waals surface area contributed by atoms with Crippen molar-refractivity contribution in [1.29, 1.82) is 0 Å². The van der Waals surface area contributed by atoms with Crippen LogP contribution < -0.4 is 11.0 Å². The van der Waals surface area contributed by atoms with E-state index in [0.717, 1.165) is 11.6 Å². The van der Waals surface area contributed by atoms with Gasteiger partial charge in [-0.15, -0.1) is 0 Å². The van der Waals surface area contributed by atoms with E-state index in [-0.39, 0.29) is 50.0 Å². The maximum absolute atomic E-state index is 14.6. The first-order chi connectivity index (χ1) is 20.2. The second-order valence-electron chi connectivity index (χ2n) is 10.9. The minimum Gasteiger partial charge on any atom is -0.508 e. The van der Waals surface area contributed by atoms with E-state index in [2.05, 4.69) is 15.3 Å². The number of hydrogen-bond acceptors (Lipinski definition) is 6. The van der Waals surface area contributed by atoms with Gasteiger partial charge >= 0.3 is 11.8 Å². The fraction of sp³-hybridized carbons (Fsp3) is 0.267. The van der Waals surface area contributed by atoms with Gasteiger partial charge in [0.05, 0.1) is 27.7 Å². The van der Waals surface area contributed by atoms with Crippen LogP contribution in [0.3, 0.4) is 0 Å². The van der Waals surface area contributed by atoms with Crippen molar-refractivity contribution >= 4 is 34.6 Å². The third-order valence-corrected chi connectivity index (χ3v) is 7.84. The van der Waals surface area contributed by atoms with E-state index in [1.807, 2.05) is 30.3 Å². The number of ether oxygens (including phenoxy) is 1. The standard InChI is InChI=1S/C30H28FN5O6/c31-22-11-20(37)9-10-21(22)26(38)35-13-19-12-30(16-35,17-36(14-19)29(41)42-15-18-5-2-1-3-6-18)27(39)32-23-7-4-8-24-25(23)34-28(40)33-24/h1-11,19,37H,12-17H2,(H,32,39)(H2,33,34,40)/t19-,30+/m1/s1. The summed E-state index contributed by atoms with van der Waals surface area (Å²) in [4.78, 5) is 60.9. The molecule has 3 aromatic carbocycles. The molecule has 0 saturated carbocycles. The maximum Gasteiger partial charge on any atom is 0.410 e. The van der Waals surface area contributed by atoms with Gasteiger partial charge in [0.1, 0.15) is 18.2 Å². The molecule has 42 heavy (non-hydrogen) atoms. The van der Waals surface area contributed by atoms with Gasteiger partial charge in [-0.3, -0.25) is 9.59 Å². The van der Waals surface area contributed by atoms with E-state index < -0.39 is 34.8 Å². The van der Waals surface area contributed by atoms with Crippen LogP contribution in [0.25, 0.3) is 11.0 Å². The number of benzene rings is 3. The summed E-state index contributed by atoms with van der Waals surface area (Å²) in [5.41, 5.74) is 0.182. The third kappa shape index (κ3) is 5.18. The molecule has 4 N–H and O–H groups in total. The largest absolute Gasteiger partial charge is 0.508 e. The molecule has 216 valence electrons. The van der Waals surface area contributed by atoms with Crippen LogP contribution >= 0.6 is 0 Å². The monoisotopic (exact) mass is 573 g/mol. The predicted octanol–water partition coefficient (Wildman–Crippen LogP) is 3.44. The minimum atomic E-state index is -1.26. The number of anilines is 1. The molecule has 2 fully saturated rings. The van der Waals surface area contributed by atoms with Crippen LogP contribution in [0.1, 0.15) is 22.3 Å². The lowest BCUT2D eigenvalue weighted by Crippen LogP contribution is -2.64. The van der Waals surface area contributed by atoms with Crippen LogP contribution in [0.4, 0.5) is 14.9 Å². The average molecular weight is 574 g/mol. The van der Waals surface area contributed by atoms with Crippen molar-refractivity contribution in [2.75, 3.05) is 31.5 Å². The smallest absolute Gasteiger partial charge is 0.410 e. The number of carbonyl (C=O) groups excluding carboxylic acids is 3. The summed E-state index contributed by atoms with van der Waals surface area (Å²) in [6, 6.07) is 17.5. The number of aromatic amines is 2. The Hall–Kier alpha value is -5.13. The van der Waals surface area contributed by atoms with E-state index in [1.165, 1.54) is 21.9 Å². The molecule has 0 unspecified atom stereocenters. The number of piperidine rings is 2. The zero-order valence-electron chi connectivity index (χ0n) is 22.4. The predicted molar refractivity (Wildman–Crippen MR) is 150 cm³/mol. The van der Waals surface area contributed by atoms with Crippen LogP contribution in [0.5, 0.6) is 5.75 Å². The molecule has 1 aromatic heterocycles. The number of nitrogens with one attached hydrogen (secondary N) is 3. The lowest BCUT2D eigenvalue weighted by atomic mass is 9.71. The molecule has 0 aliphatic carbocycles. The SMILES string of the molecule is O=C(OCc1ccccc1)N1C[C@H]2CN(C(=O)c3ccc(O)cc3F)C[C@@](C(=O)Nc3cccc4[nH]c(=O)[nH]c34)(C2)C1. The van der Waals surface area contributed by atoms with Crippen molar-refractivity contribution in [1.82, 2.24) is 19.8 Å². The Bertz CT molecular complexity index is 1740. The number of imidazole rings is 1. The number of halogens is 1. The normalized spacial score (nSPS) is 19.9. The summed E-state index contributed by atoms with van der Waals surface area (Å²) in [6.45, 7) is 0.372. The fourth-order valence-electron chi connectivity index (χ4n) is 6.01. The van der Waals surface area contributed by atoms with Crippen LogP contribution in [0.2, 0.25) is 0 Å². The minimum absolute atomic E-state index is 0.0373. The van der Waals surface area contributed by atoms with E-state index in [4.69, 9.17) is 4.74 Å². The number of phenols is 1. The van der Waals surface area contributed by atoms with Crippen molar-refractivity contribution in [3.63, 3.8) is 0 Å². The number of hydrogen-bond donors (Lipinski definition) is 4. The molecule has 0 radical (unpaired) electrons. The van der Waals surface area contributed by atoms with E-state index in [9.17, 15) is 28.7 Å². The summed E-state index contributed by atoms with van der Waals surface area (Å²) in [7, 11) is 0. The Kier molecular flexibility index (Phi) is 6.89. The number of aromatic hydroxyl groups is 1. The molecule has 2 aliphatic heterocycles. The van der Waals surface area contributed by atoms with Crippen molar-refractivity contribution in [2.24, 2.45) is 11.3 Å². The molecule has 4 aromatic rings. The van der Waals surface area contributed by atoms with Crippen LogP contribution in [-0.4, -0.2) is 69.0 Å². The first kappa shape index (κ1) is 27.1. The zero-order chi connectivity index (χ0) is 29.4. The molecule has 6 rings (SSSR count). The molecular formula is C30H28FN5O6. The van der Waals surface area contributed by atoms with Gasteiger partial charge < -0.3 is 34.9 Å². The highest BCUT2D eigenvalue weighted by Gasteiger charge is 2.52. The highest BCUT2D eigenvalue weighted by atomic mass is 19.1. The van der Waals surface area contributed by atoms with Gasteiger partial charge in [0.25, 0.3) is 5.91 Å². The second kappa shape index (κ2) is 10.7. The number of H-pyrrole nitrogens is 2. The number of fused-ring (bicyclic) bond motifs is 3. The summed E-state index contributed by atoms with van der Waals surface area (Å²) < 4.78 is 20.2. The maximum atomic E-state index is 14.6. The molecule has 3 amide bonds. The Labute approximate surface area is 238 Å². The zero-order valence-corrected chi connectivity index (χ0v) is 22.4. The molecule has 2 saturated heterocycles. The van der Waals surface area contributed by atoms with Gasteiger partial charge in [0.15, 0.2) is 0 Å². The van der Waals surface area contributed by atoms with E-state index in [0.29, 0.717) is 23.1 Å². The Morgan fingerprint density at radius 2 is 1.76 bits per heavy atom. The van der Waals surface area contributed by atoms with Crippen LogP contribution in [0.15, 0.2) is 71.5 Å². The number of nitrogens with zero attached hydrogens (tertiary/aromatic N) is 2. The van der Waals surface area contributed by atoms with Crippen molar-refractivity contribution in [2.45, 2.75) is 13.0 Å². The number of amides is 3. The van der Waals surface area contributed by atoms with Crippen LogP contribution in [-0.2, 0) is 16.1 Å². The van der Waals surface area contributed by atoms with Crippen molar-refractivity contribution in [3.8, 4) is 5.75 Å². The number of likely N-dealkylation sites (tertiary alicyclic amines) is 2. The van der Waals surface area contributed by atoms with Gasteiger partial charge in [0.2, 0.25) is 5.91 Å². The lowest BCUT2D eigenvalue weighted by Gasteiger charge is -2.51. The second-order valence-corrected chi connectivity index (χ2v) is 10.9. The summed E-state index contributed by atoms with van der Waals surface area (Å²) in [5, 5.41) is 12.5. The molecular weight excluding hydrogens is 545 g/mol. The number of phenolic OH excluding ortho intramolecular Hbond substituents is 1. The first-order valence-corrected chi connectivity index (χ1v) is 13.5. The Morgan fingerprint density at radius 3 is 2.55 bits per heavy atom. The average Bonchev–Trinajstić information content (AvgIpc) is 3.36. The van der Waals surface area contributed by atoms with Crippen molar-refractivity contribution in [3.05, 3.63) is 94.2 Å². The van der Waals surface area contributed by atoms with E-state index >= 15 is 0 Å². The van der Waals surface area contributed by atoms with Crippen molar-refractivity contribution < 1.29 is 28.6 Å². The summed E-state index contributed by atoms with van der Waals surface area (Å²) in [5.74, 6) is -2.55. The summed E-state index contributed by atoms with van der Waals surface area (Å²) >= 11 is 0. The number of carbonyl (C=O) groups is 3.